The molecule has 0 spiro atoms. The maximum atomic E-state index is 11.1. The van der Waals surface area contributed by atoms with E-state index in [9.17, 15) is 5.11 Å². The third-order valence-electron chi connectivity index (χ3n) is 5.65. The van der Waals surface area contributed by atoms with Crippen molar-refractivity contribution in [2.24, 2.45) is 5.92 Å². The summed E-state index contributed by atoms with van der Waals surface area (Å²) in [5.41, 5.74) is 2.54. The molecule has 134 valence electrons. The molecule has 2 unspecified atom stereocenters. The summed E-state index contributed by atoms with van der Waals surface area (Å²) in [5, 5.41) is 11.1. The summed E-state index contributed by atoms with van der Waals surface area (Å²) >= 11 is 0. The van der Waals surface area contributed by atoms with Gasteiger partial charge in [0.05, 0.1) is 13.2 Å². The summed E-state index contributed by atoms with van der Waals surface area (Å²) < 4.78 is 5.34. The fourth-order valence-corrected chi connectivity index (χ4v) is 4.19. The van der Waals surface area contributed by atoms with E-state index in [4.69, 9.17) is 4.74 Å². The molecule has 0 radical (unpaired) electrons. The van der Waals surface area contributed by atoms with Crippen molar-refractivity contribution in [3.63, 3.8) is 0 Å². The van der Waals surface area contributed by atoms with Gasteiger partial charge in [-0.1, -0.05) is 61.7 Å². The first-order valence-corrected chi connectivity index (χ1v) is 9.64. The maximum absolute atomic E-state index is 11.1. The summed E-state index contributed by atoms with van der Waals surface area (Å²) in [4.78, 5) is 0. The zero-order valence-electron chi connectivity index (χ0n) is 15.2. The van der Waals surface area contributed by atoms with Crippen LogP contribution in [0, 0.1) is 5.92 Å². The summed E-state index contributed by atoms with van der Waals surface area (Å²) in [6.45, 7) is 0. The van der Waals surface area contributed by atoms with E-state index in [1.165, 1.54) is 43.2 Å². The van der Waals surface area contributed by atoms with Crippen LogP contribution in [0.1, 0.15) is 55.6 Å². The van der Waals surface area contributed by atoms with Crippen LogP contribution in [0.4, 0.5) is 0 Å². The van der Waals surface area contributed by atoms with E-state index >= 15 is 0 Å². The van der Waals surface area contributed by atoms with Crippen molar-refractivity contribution in [2.75, 3.05) is 7.11 Å². The minimum absolute atomic E-state index is 0.204. The SMILES string of the molecule is COc1cccc(CCC(c2ccccc2)C(O)C2CCCCC2)c1. The van der Waals surface area contributed by atoms with Crippen molar-refractivity contribution in [3.8, 4) is 5.75 Å². The van der Waals surface area contributed by atoms with Gasteiger partial charge in [-0.25, -0.2) is 0 Å². The number of hydrogen-bond donors (Lipinski definition) is 1. The van der Waals surface area contributed by atoms with Gasteiger partial charge in [0.15, 0.2) is 0 Å². The highest BCUT2D eigenvalue weighted by Gasteiger charge is 2.29. The van der Waals surface area contributed by atoms with Gasteiger partial charge in [0, 0.05) is 5.92 Å². The predicted molar refractivity (Wildman–Crippen MR) is 103 cm³/mol. The summed E-state index contributed by atoms with van der Waals surface area (Å²) in [6, 6.07) is 18.8. The minimum Gasteiger partial charge on any atom is -0.497 e. The monoisotopic (exact) mass is 338 g/mol. The first kappa shape index (κ1) is 18.0. The van der Waals surface area contributed by atoms with Crippen LogP contribution in [0.3, 0.4) is 0 Å². The molecule has 0 saturated heterocycles. The van der Waals surface area contributed by atoms with E-state index < -0.39 is 0 Å². The molecule has 0 heterocycles. The first-order valence-electron chi connectivity index (χ1n) is 9.64. The number of aliphatic hydroxyl groups excluding tert-OH is 1. The normalized spacial score (nSPS) is 17.8. The summed E-state index contributed by atoms with van der Waals surface area (Å²) in [6.07, 6.45) is 7.87. The molecule has 2 aromatic rings. The Morgan fingerprint density at radius 1 is 1.00 bits per heavy atom. The summed E-state index contributed by atoms with van der Waals surface area (Å²) in [7, 11) is 1.71. The van der Waals surface area contributed by atoms with E-state index in [0.717, 1.165) is 18.6 Å². The Morgan fingerprint density at radius 3 is 2.48 bits per heavy atom. The zero-order valence-corrected chi connectivity index (χ0v) is 15.2. The van der Waals surface area contributed by atoms with Crippen LogP contribution < -0.4 is 4.74 Å². The van der Waals surface area contributed by atoms with Gasteiger partial charge in [-0.15, -0.1) is 0 Å². The molecule has 0 bridgehead atoms. The van der Waals surface area contributed by atoms with Crippen LogP contribution >= 0.6 is 0 Å². The van der Waals surface area contributed by atoms with Gasteiger partial charge >= 0.3 is 0 Å². The second kappa shape index (κ2) is 9.05. The number of ether oxygens (including phenoxy) is 1. The highest BCUT2D eigenvalue weighted by atomic mass is 16.5. The zero-order chi connectivity index (χ0) is 17.5. The van der Waals surface area contributed by atoms with Crippen molar-refractivity contribution >= 4 is 0 Å². The Hall–Kier alpha value is -1.80. The molecule has 25 heavy (non-hydrogen) atoms. The van der Waals surface area contributed by atoms with Crippen molar-refractivity contribution in [2.45, 2.75) is 57.0 Å². The molecular formula is C23H30O2. The molecule has 1 saturated carbocycles. The number of aliphatic hydroxyl groups is 1. The molecule has 2 nitrogen and oxygen atoms in total. The predicted octanol–water partition coefficient (Wildman–Crippen LogP) is 5.35. The van der Waals surface area contributed by atoms with Crippen molar-refractivity contribution in [1.29, 1.82) is 0 Å². The second-order valence-electron chi connectivity index (χ2n) is 7.30. The molecule has 2 aromatic carbocycles. The average Bonchev–Trinajstić information content (AvgIpc) is 2.69. The third kappa shape index (κ3) is 4.85. The Labute approximate surface area is 151 Å². The lowest BCUT2D eigenvalue weighted by atomic mass is 9.76. The lowest BCUT2D eigenvalue weighted by molar-refractivity contribution is 0.0576. The first-order chi connectivity index (χ1) is 12.3. The fourth-order valence-electron chi connectivity index (χ4n) is 4.19. The van der Waals surface area contributed by atoms with E-state index in [1.807, 2.05) is 12.1 Å². The molecule has 1 N–H and O–H groups in total. The largest absolute Gasteiger partial charge is 0.497 e. The average molecular weight is 338 g/mol. The second-order valence-corrected chi connectivity index (χ2v) is 7.30. The maximum Gasteiger partial charge on any atom is 0.119 e. The van der Waals surface area contributed by atoms with Gasteiger partial charge in [-0.2, -0.15) is 0 Å². The van der Waals surface area contributed by atoms with Gasteiger partial charge in [0.2, 0.25) is 0 Å². The number of aryl methyl sites for hydroxylation is 1. The van der Waals surface area contributed by atoms with Crippen LogP contribution in [0.15, 0.2) is 54.6 Å². The smallest absolute Gasteiger partial charge is 0.119 e. The Balaban J connectivity index is 1.74. The molecule has 2 heteroatoms. The quantitative estimate of drug-likeness (QED) is 0.737. The van der Waals surface area contributed by atoms with Crippen LogP contribution in [-0.4, -0.2) is 18.3 Å². The van der Waals surface area contributed by atoms with Crippen LogP contribution in [0.2, 0.25) is 0 Å². The van der Waals surface area contributed by atoms with E-state index in [1.54, 1.807) is 7.11 Å². The molecule has 3 rings (SSSR count). The van der Waals surface area contributed by atoms with E-state index in [0.29, 0.717) is 5.92 Å². The molecular weight excluding hydrogens is 308 g/mol. The van der Waals surface area contributed by atoms with Crippen LogP contribution in [0.25, 0.3) is 0 Å². The summed E-state index contributed by atoms with van der Waals surface area (Å²) in [5.74, 6) is 1.56. The van der Waals surface area contributed by atoms with Gasteiger partial charge in [0.25, 0.3) is 0 Å². The molecule has 0 amide bonds. The highest BCUT2D eigenvalue weighted by molar-refractivity contribution is 5.29. The van der Waals surface area contributed by atoms with Gasteiger partial charge < -0.3 is 9.84 Å². The van der Waals surface area contributed by atoms with Gasteiger partial charge in [0.1, 0.15) is 5.75 Å². The number of methoxy groups -OCH3 is 1. The van der Waals surface area contributed by atoms with E-state index in [2.05, 4.69) is 42.5 Å². The number of benzene rings is 2. The van der Waals surface area contributed by atoms with Crippen molar-refractivity contribution in [1.82, 2.24) is 0 Å². The lowest BCUT2D eigenvalue weighted by Crippen LogP contribution is -2.29. The minimum atomic E-state index is -0.242. The Kier molecular flexibility index (Phi) is 6.52. The van der Waals surface area contributed by atoms with Crippen molar-refractivity contribution in [3.05, 3.63) is 65.7 Å². The lowest BCUT2D eigenvalue weighted by Gasteiger charge is -2.33. The molecule has 1 fully saturated rings. The molecule has 0 aliphatic heterocycles. The standard InChI is InChI=1S/C23H30O2/c1-25-21-14-8-9-18(17-21)15-16-22(19-10-4-2-5-11-19)23(24)20-12-6-3-7-13-20/h2,4-5,8-11,14,17,20,22-24H,3,6-7,12-13,15-16H2,1H3. The van der Waals surface area contributed by atoms with Crippen molar-refractivity contribution < 1.29 is 9.84 Å². The highest BCUT2D eigenvalue weighted by Crippen LogP contribution is 2.36. The molecule has 1 aliphatic carbocycles. The molecule has 0 aromatic heterocycles. The fraction of sp³-hybridized carbons (Fsp3) is 0.478. The molecule has 2 atom stereocenters. The number of hydrogen-bond acceptors (Lipinski definition) is 2. The van der Waals surface area contributed by atoms with Gasteiger partial charge in [-0.3, -0.25) is 0 Å². The van der Waals surface area contributed by atoms with Crippen LogP contribution in [0.5, 0.6) is 5.75 Å². The topological polar surface area (TPSA) is 29.5 Å². The van der Waals surface area contributed by atoms with Crippen LogP contribution in [-0.2, 0) is 6.42 Å². The number of rotatable bonds is 7. The molecule has 1 aliphatic rings. The Morgan fingerprint density at radius 2 is 1.76 bits per heavy atom. The van der Waals surface area contributed by atoms with Gasteiger partial charge in [-0.05, 0) is 54.9 Å². The Bertz CT molecular complexity index is 632. The third-order valence-corrected chi connectivity index (χ3v) is 5.65. The van der Waals surface area contributed by atoms with E-state index in [-0.39, 0.29) is 12.0 Å².